The molecule has 0 aliphatic rings. The van der Waals surface area contributed by atoms with Crippen molar-refractivity contribution in [2.24, 2.45) is 4.99 Å². The van der Waals surface area contributed by atoms with Crippen molar-refractivity contribution in [1.82, 2.24) is 4.73 Å². The summed E-state index contributed by atoms with van der Waals surface area (Å²) in [6, 6.07) is 6.93. The van der Waals surface area contributed by atoms with Crippen LogP contribution in [0, 0.1) is 0 Å². The normalized spacial score (nSPS) is 11.9. The molecule has 5 nitrogen and oxygen atoms in total. The van der Waals surface area contributed by atoms with Gasteiger partial charge in [0.15, 0.2) is 5.49 Å². The van der Waals surface area contributed by atoms with E-state index in [4.69, 9.17) is 10.2 Å². The number of nitrogens with two attached hydrogens (primary N) is 1. The first-order valence-electron chi connectivity index (χ1n) is 4.46. The average Bonchev–Trinajstić information content (AvgIpc) is 2.69. The zero-order valence-corrected chi connectivity index (χ0v) is 8.00. The van der Waals surface area contributed by atoms with Crippen molar-refractivity contribution in [2.45, 2.75) is 6.54 Å². The van der Waals surface area contributed by atoms with Crippen molar-refractivity contribution in [2.75, 3.05) is 5.73 Å². The Morgan fingerprint density at radius 1 is 1.40 bits per heavy atom. The lowest BCUT2D eigenvalue weighted by Gasteiger charge is -1.99. The van der Waals surface area contributed by atoms with Crippen molar-refractivity contribution in [3.8, 4) is 0 Å². The van der Waals surface area contributed by atoms with Crippen LogP contribution in [0.2, 0.25) is 0 Å². The first kappa shape index (κ1) is 9.39. The number of nitrogens with zero attached hydrogens (tertiary/aromatic N) is 2. The van der Waals surface area contributed by atoms with E-state index in [1.807, 2.05) is 6.07 Å². The second kappa shape index (κ2) is 3.91. The van der Waals surface area contributed by atoms with E-state index >= 15 is 0 Å². The number of furan rings is 1. The van der Waals surface area contributed by atoms with Gasteiger partial charge in [-0.3, -0.25) is 4.99 Å². The summed E-state index contributed by atoms with van der Waals surface area (Å²) in [5.41, 5.74) is 6.39. The van der Waals surface area contributed by atoms with Gasteiger partial charge in [0.25, 0.3) is 0 Å². The molecule has 0 radical (unpaired) electrons. The molecule has 0 saturated heterocycles. The van der Waals surface area contributed by atoms with Crippen LogP contribution in [0.15, 0.2) is 46.1 Å². The molecule has 2 aromatic heterocycles. The van der Waals surface area contributed by atoms with Gasteiger partial charge in [-0.1, -0.05) is 0 Å². The van der Waals surface area contributed by atoms with E-state index in [1.54, 1.807) is 24.5 Å². The minimum atomic E-state index is 0.386. The highest BCUT2D eigenvalue weighted by molar-refractivity contribution is 5.32. The molecule has 2 heterocycles. The summed E-state index contributed by atoms with van der Waals surface area (Å²) in [4.78, 5) is 4.15. The SMILES string of the molecule is Nc1ccc(=NCc2ccco2)n(O)c1. The predicted octanol–water partition coefficient (Wildman–Crippen LogP) is 1.00. The van der Waals surface area contributed by atoms with Gasteiger partial charge in [-0.2, -0.15) is 4.73 Å². The van der Waals surface area contributed by atoms with E-state index in [-0.39, 0.29) is 0 Å². The van der Waals surface area contributed by atoms with Crippen LogP contribution in [-0.4, -0.2) is 9.94 Å². The Morgan fingerprint density at radius 3 is 2.93 bits per heavy atom. The molecule has 0 atom stereocenters. The summed E-state index contributed by atoms with van der Waals surface area (Å²) < 4.78 is 6.00. The quantitative estimate of drug-likeness (QED) is 0.718. The van der Waals surface area contributed by atoms with E-state index in [2.05, 4.69) is 4.99 Å². The molecule has 2 aromatic rings. The largest absolute Gasteiger partial charge is 0.467 e. The lowest BCUT2D eigenvalue weighted by molar-refractivity contribution is 0.172. The minimum Gasteiger partial charge on any atom is -0.467 e. The van der Waals surface area contributed by atoms with Gasteiger partial charge < -0.3 is 15.4 Å². The maximum Gasteiger partial charge on any atom is 0.163 e. The number of hydrogen-bond acceptors (Lipinski definition) is 4. The Balaban J connectivity index is 2.26. The molecule has 3 N–H and O–H groups in total. The molecule has 5 heteroatoms. The minimum absolute atomic E-state index is 0.386. The standard InChI is InChI=1S/C10H11N3O2/c11-8-3-4-10(13(14)7-8)12-6-9-2-1-5-15-9/h1-5,7,14H,6,11H2. The fourth-order valence-corrected chi connectivity index (χ4v) is 1.18. The van der Waals surface area contributed by atoms with Gasteiger partial charge in [-0.25, -0.2) is 0 Å². The third kappa shape index (κ3) is 2.19. The number of rotatable bonds is 2. The number of anilines is 1. The molecule has 0 amide bonds. The number of aromatic nitrogens is 1. The van der Waals surface area contributed by atoms with Crippen LogP contribution in [0.5, 0.6) is 0 Å². The summed E-state index contributed by atoms with van der Waals surface area (Å²) in [6.07, 6.45) is 2.97. The molecule has 0 aromatic carbocycles. The first-order chi connectivity index (χ1) is 7.25. The van der Waals surface area contributed by atoms with Crippen molar-refractivity contribution in [3.63, 3.8) is 0 Å². The van der Waals surface area contributed by atoms with Crippen LogP contribution in [0.3, 0.4) is 0 Å². The molecule has 0 aliphatic carbocycles. The molecular weight excluding hydrogens is 194 g/mol. The van der Waals surface area contributed by atoms with Crippen molar-refractivity contribution < 1.29 is 9.62 Å². The molecule has 0 saturated carbocycles. The molecule has 15 heavy (non-hydrogen) atoms. The summed E-state index contributed by atoms with van der Waals surface area (Å²) in [6.45, 7) is 0.386. The summed E-state index contributed by atoms with van der Waals surface area (Å²) in [7, 11) is 0. The van der Waals surface area contributed by atoms with E-state index in [1.165, 1.54) is 6.20 Å². The zero-order chi connectivity index (χ0) is 10.7. The van der Waals surface area contributed by atoms with Crippen LogP contribution >= 0.6 is 0 Å². The number of nitrogen functional groups attached to an aromatic ring is 1. The Bertz CT molecular complexity index is 500. The topological polar surface area (TPSA) is 76.7 Å². The molecular formula is C10H11N3O2. The Labute approximate surface area is 86.1 Å². The van der Waals surface area contributed by atoms with Crippen LogP contribution in [-0.2, 0) is 6.54 Å². The third-order valence-corrected chi connectivity index (χ3v) is 1.91. The molecule has 0 bridgehead atoms. The Hall–Kier alpha value is -2.17. The highest BCUT2D eigenvalue weighted by Crippen LogP contribution is 2.00. The summed E-state index contributed by atoms with van der Waals surface area (Å²) in [5, 5.41) is 9.43. The van der Waals surface area contributed by atoms with Gasteiger partial charge in [0.1, 0.15) is 5.76 Å². The van der Waals surface area contributed by atoms with Gasteiger partial charge >= 0.3 is 0 Å². The van der Waals surface area contributed by atoms with E-state index < -0.39 is 0 Å². The fourth-order valence-electron chi connectivity index (χ4n) is 1.18. The molecule has 0 aliphatic heterocycles. The monoisotopic (exact) mass is 205 g/mol. The maximum atomic E-state index is 9.43. The van der Waals surface area contributed by atoms with E-state index in [9.17, 15) is 5.21 Å². The molecule has 0 spiro atoms. The average molecular weight is 205 g/mol. The van der Waals surface area contributed by atoms with Crippen LogP contribution < -0.4 is 11.2 Å². The smallest absolute Gasteiger partial charge is 0.163 e. The first-order valence-corrected chi connectivity index (χ1v) is 4.46. The predicted molar refractivity (Wildman–Crippen MR) is 54.0 cm³/mol. The Kier molecular flexibility index (Phi) is 2.45. The fraction of sp³-hybridized carbons (Fsp3) is 0.100. The van der Waals surface area contributed by atoms with Crippen LogP contribution in [0.1, 0.15) is 5.76 Å². The molecule has 0 fully saturated rings. The van der Waals surface area contributed by atoms with Gasteiger partial charge in [-0.05, 0) is 24.3 Å². The maximum absolute atomic E-state index is 9.43. The van der Waals surface area contributed by atoms with Crippen molar-refractivity contribution in [1.29, 1.82) is 0 Å². The van der Waals surface area contributed by atoms with Crippen molar-refractivity contribution >= 4 is 5.69 Å². The lowest BCUT2D eigenvalue weighted by atomic mass is 10.4. The highest BCUT2D eigenvalue weighted by Gasteiger charge is 1.94. The summed E-state index contributed by atoms with van der Waals surface area (Å²) in [5.74, 6) is 0.742. The zero-order valence-electron chi connectivity index (χ0n) is 8.00. The van der Waals surface area contributed by atoms with Crippen LogP contribution in [0.4, 0.5) is 5.69 Å². The van der Waals surface area contributed by atoms with Gasteiger partial charge in [0.2, 0.25) is 0 Å². The van der Waals surface area contributed by atoms with Crippen LogP contribution in [0.25, 0.3) is 0 Å². The van der Waals surface area contributed by atoms with Gasteiger partial charge in [0.05, 0.1) is 24.7 Å². The lowest BCUT2D eigenvalue weighted by Crippen LogP contribution is -2.18. The third-order valence-electron chi connectivity index (χ3n) is 1.91. The van der Waals surface area contributed by atoms with E-state index in [0.717, 1.165) is 10.5 Å². The van der Waals surface area contributed by atoms with E-state index in [0.29, 0.717) is 17.7 Å². The molecule has 2 rings (SSSR count). The van der Waals surface area contributed by atoms with Gasteiger partial charge in [0, 0.05) is 0 Å². The Morgan fingerprint density at radius 2 is 2.27 bits per heavy atom. The summed E-state index contributed by atoms with van der Waals surface area (Å²) >= 11 is 0. The van der Waals surface area contributed by atoms with Crippen molar-refractivity contribution in [3.05, 3.63) is 48.0 Å². The molecule has 0 unspecified atom stereocenters. The van der Waals surface area contributed by atoms with Gasteiger partial charge in [-0.15, -0.1) is 0 Å². The number of pyridine rings is 1. The number of hydrogen-bond donors (Lipinski definition) is 2. The molecule has 78 valence electrons. The second-order valence-electron chi connectivity index (χ2n) is 3.06. The highest BCUT2D eigenvalue weighted by atomic mass is 16.5. The second-order valence-corrected chi connectivity index (χ2v) is 3.06.